The quantitative estimate of drug-likeness (QED) is 0.635. The van der Waals surface area contributed by atoms with E-state index >= 15 is 0 Å². The van der Waals surface area contributed by atoms with E-state index in [0.29, 0.717) is 0 Å². The third kappa shape index (κ3) is 1.59. The summed E-state index contributed by atoms with van der Waals surface area (Å²) in [6.45, 7) is 5.08. The summed E-state index contributed by atoms with van der Waals surface area (Å²) in [5.74, 6) is 1.05. The van der Waals surface area contributed by atoms with E-state index in [2.05, 4.69) is 38.1 Å². The largest absolute Gasteiger partial charge is 0.493 e. The summed E-state index contributed by atoms with van der Waals surface area (Å²) in [5, 5.41) is 0. The highest BCUT2D eigenvalue weighted by Crippen LogP contribution is 2.25. The van der Waals surface area contributed by atoms with Crippen molar-refractivity contribution in [1.82, 2.24) is 0 Å². The predicted molar refractivity (Wildman–Crippen MR) is 54.5 cm³/mol. The van der Waals surface area contributed by atoms with Crippen molar-refractivity contribution in [3.8, 4) is 0 Å². The Morgan fingerprint density at radius 3 is 2.69 bits per heavy atom. The maximum absolute atomic E-state index is 5.52. The molecule has 0 aliphatic carbocycles. The van der Waals surface area contributed by atoms with Gasteiger partial charge in [-0.1, -0.05) is 23.8 Å². The van der Waals surface area contributed by atoms with E-state index in [1.165, 1.54) is 16.7 Å². The fourth-order valence-electron chi connectivity index (χ4n) is 1.70. The average Bonchev–Trinajstić information content (AvgIpc) is 2.56. The molecule has 1 heteroatoms. The van der Waals surface area contributed by atoms with E-state index in [0.717, 1.165) is 18.8 Å². The van der Waals surface area contributed by atoms with Crippen LogP contribution < -0.4 is 0 Å². The van der Waals surface area contributed by atoms with E-state index in [4.69, 9.17) is 4.74 Å². The summed E-state index contributed by atoms with van der Waals surface area (Å²) in [6.07, 6.45) is 3.21. The van der Waals surface area contributed by atoms with Crippen LogP contribution in [0.4, 0.5) is 0 Å². The highest BCUT2D eigenvalue weighted by Gasteiger charge is 2.09. The lowest BCUT2D eigenvalue weighted by molar-refractivity contribution is 0.307. The Labute approximate surface area is 79.0 Å². The van der Waals surface area contributed by atoms with E-state index < -0.39 is 0 Å². The number of hydrogen-bond donors (Lipinski definition) is 0. The van der Waals surface area contributed by atoms with Crippen molar-refractivity contribution in [3.63, 3.8) is 0 Å². The predicted octanol–water partition coefficient (Wildman–Crippen LogP) is 3.06. The molecule has 68 valence electrons. The molecule has 0 aromatic heterocycles. The molecule has 0 N–H and O–H groups in total. The zero-order valence-electron chi connectivity index (χ0n) is 8.13. The van der Waals surface area contributed by atoms with Gasteiger partial charge < -0.3 is 4.74 Å². The molecule has 0 unspecified atom stereocenters. The normalized spacial score (nSPS) is 15.4. The molecule has 0 saturated carbocycles. The molecule has 1 aliphatic rings. The Morgan fingerprint density at radius 2 is 2.08 bits per heavy atom. The molecule has 0 radical (unpaired) electrons. The highest BCUT2D eigenvalue weighted by molar-refractivity contribution is 5.64. The summed E-state index contributed by atoms with van der Waals surface area (Å²) in [4.78, 5) is 0. The summed E-state index contributed by atoms with van der Waals surface area (Å²) >= 11 is 0. The summed E-state index contributed by atoms with van der Waals surface area (Å²) in [7, 11) is 0. The monoisotopic (exact) mass is 174 g/mol. The molecule has 0 atom stereocenters. The summed E-state index contributed by atoms with van der Waals surface area (Å²) in [6, 6.07) is 6.46. The van der Waals surface area contributed by atoms with Gasteiger partial charge in [0.25, 0.3) is 0 Å². The van der Waals surface area contributed by atoms with Gasteiger partial charge in [-0.15, -0.1) is 0 Å². The lowest BCUT2D eigenvalue weighted by Gasteiger charge is -2.07. The van der Waals surface area contributed by atoms with Crippen molar-refractivity contribution >= 4 is 5.76 Å². The van der Waals surface area contributed by atoms with Crippen LogP contribution in [0.5, 0.6) is 0 Å². The molecule has 2 rings (SSSR count). The van der Waals surface area contributed by atoms with Crippen LogP contribution in [-0.4, -0.2) is 6.61 Å². The first-order valence-corrected chi connectivity index (χ1v) is 4.68. The molecular weight excluding hydrogens is 160 g/mol. The Balaban J connectivity index is 2.40. The second-order valence-corrected chi connectivity index (χ2v) is 3.52. The molecule has 0 amide bonds. The van der Waals surface area contributed by atoms with Gasteiger partial charge in [-0.2, -0.15) is 0 Å². The first kappa shape index (κ1) is 8.36. The highest BCUT2D eigenvalue weighted by atomic mass is 16.5. The maximum Gasteiger partial charge on any atom is 0.122 e. The summed E-state index contributed by atoms with van der Waals surface area (Å²) < 4.78 is 5.52. The minimum Gasteiger partial charge on any atom is -0.493 e. The zero-order valence-corrected chi connectivity index (χ0v) is 8.13. The van der Waals surface area contributed by atoms with Crippen molar-refractivity contribution < 1.29 is 4.74 Å². The van der Waals surface area contributed by atoms with E-state index in [1.807, 2.05) is 0 Å². The van der Waals surface area contributed by atoms with Gasteiger partial charge in [0.15, 0.2) is 0 Å². The lowest BCUT2D eigenvalue weighted by Crippen LogP contribution is -1.90. The first-order valence-electron chi connectivity index (χ1n) is 4.68. The van der Waals surface area contributed by atoms with E-state index in [1.54, 1.807) is 0 Å². The van der Waals surface area contributed by atoms with Crippen molar-refractivity contribution in [2.75, 3.05) is 6.61 Å². The van der Waals surface area contributed by atoms with Crippen LogP contribution in [0, 0.1) is 13.8 Å². The van der Waals surface area contributed by atoms with Gasteiger partial charge in [-0.3, -0.25) is 0 Å². The van der Waals surface area contributed by atoms with Crippen molar-refractivity contribution in [2.45, 2.75) is 20.3 Å². The Bertz CT molecular complexity index is 350. The van der Waals surface area contributed by atoms with Gasteiger partial charge in [0, 0.05) is 12.0 Å². The smallest absolute Gasteiger partial charge is 0.122 e. The minimum atomic E-state index is 0.836. The molecule has 0 spiro atoms. The number of aryl methyl sites for hydroxylation is 2. The summed E-state index contributed by atoms with van der Waals surface area (Å²) in [5.41, 5.74) is 3.84. The number of hydrogen-bond acceptors (Lipinski definition) is 1. The molecule has 13 heavy (non-hydrogen) atoms. The van der Waals surface area contributed by atoms with E-state index in [9.17, 15) is 0 Å². The van der Waals surface area contributed by atoms with Gasteiger partial charge in [-0.05, 0) is 25.5 Å². The van der Waals surface area contributed by atoms with Crippen LogP contribution in [0.25, 0.3) is 5.76 Å². The number of rotatable bonds is 1. The second kappa shape index (κ2) is 3.25. The van der Waals surface area contributed by atoms with Crippen LogP contribution in [0.1, 0.15) is 23.1 Å². The lowest BCUT2D eigenvalue weighted by atomic mass is 10.0. The van der Waals surface area contributed by atoms with Crippen LogP contribution >= 0.6 is 0 Å². The fraction of sp³-hybridized carbons (Fsp3) is 0.333. The fourth-order valence-corrected chi connectivity index (χ4v) is 1.70. The maximum atomic E-state index is 5.52. The molecule has 0 saturated heterocycles. The zero-order chi connectivity index (χ0) is 9.26. The van der Waals surface area contributed by atoms with Crippen molar-refractivity contribution in [1.29, 1.82) is 0 Å². The molecule has 0 bridgehead atoms. The molecule has 1 nitrogen and oxygen atoms in total. The molecule has 1 aromatic carbocycles. The van der Waals surface area contributed by atoms with Gasteiger partial charge in [-0.25, -0.2) is 0 Å². The van der Waals surface area contributed by atoms with Crippen LogP contribution in [-0.2, 0) is 4.74 Å². The van der Waals surface area contributed by atoms with Gasteiger partial charge in [0.05, 0.1) is 6.61 Å². The second-order valence-electron chi connectivity index (χ2n) is 3.52. The molecule has 1 aliphatic heterocycles. The standard InChI is InChI=1S/C12H14O/c1-9-5-6-11(10(2)8-9)12-4-3-7-13-12/h4-6,8H,3,7H2,1-2H3. The van der Waals surface area contributed by atoms with E-state index in [-0.39, 0.29) is 0 Å². The molecule has 1 heterocycles. The Morgan fingerprint density at radius 1 is 1.23 bits per heavy atom. The Kier molecular flexibility index (Phi) is 2.09. The van der Waals surface area contributed by atoms with Crippen LogP contribution in [0.3, 0.4) is 0 Å². The molecule has 1 aromatic rings. The van der Waals surface area contributed by atoms with Gasteiger partial charge in [0.2, 0.25) is 0 Å². The van der Waals surface area contributed by atoms with Crippen molar-refractivity contribution in [3.05, 3.63) is 41.0 Å². The molecular formula is C12H14O. The first-order chi connectivity index (χ1) is 6.27. The third-order valence-electron chi connectivity index (χ3n) is 2.35. The van der Waals surface area contributed by atoms with Gasteiger partial charge >= 0.3 is 0 Å². The average molecular weight is 174 g/mol. The topological polar surface area (TPSA) is 9.23 Å². The third-order valence-corrected chi connectivity index (χ3v) is 2.35. The Hall–Kier alpha value is -1.24. The van der Waals surface area contributed by atoms with Crippen LogP contribution in [0.2, 0.25) is 0 Å². The number of ether oxygens (including phenoxy) is 1. The number of benzene rings is 1. The van der Waals surface area contributed by atoms with Crippen molar-refractivity contribution in [2.24, 2.45) is 0 Å². The van der Waals surface area contributed by atoms with Crippen LogP contribution in [0.15, 0.2) is 24.3 Å². The SMILES string of the molecule is Cc1ccc(C2=CCCO2)c(C)c1. The molecule has 0 fully saturated rings. The van der Waals surface area contributed by atoms with Gasteiger partial charge in [0.1, 0.15) is 5.76 Å². The minimum absolute atomic E-state index is 0.836.